The Labute approximate surface area is 201 Å². The standard InChI is InChI=1S/C25H26F2N4O2S/c1-3-33-23(32)12-20-14-34-25(28-20)31-30-21-13-22(16-4-8-18(26)9-5-16)29-24(15(21)2)17-6-10-19(27)11-7-17/h4-11,14-15,22,24,29H,3,12-13H2,1-2H3,(H,28,31)/b30-21+. The van der Waals surface area contributed by atoms with Crippen molar-refractivity contribution in [3.63, 3.8) is 0 Å². The zero-order valence-electron chi connectivity index (χ0n) is 18.9. The number of ether oxygens (including phenoxy) is 1. The van der Waals surface area contributed by atoms with Crippen molar-refractivity contribution in [2.24, 2.45) is 11.0 Å². The van der Waals surface area contributed by atoms with Crippen LogP contribution in [0.15, 0.2) is 59.0 Å². The number of halogens is 2. The molecule has 2 heterocycles. The number of thiazole rings is 1. The highest BCUT2D eigenvalue weighted by Crippen LogP contribution is 2.35. The second kappa shape index (κ2) is 10.8. The lowest BCUT2D eigenvalue weighted by atomic mass is 9.81. The number of benzene rings is 2. The molecule has 1 aliphatic rings. The molecule has 2 aromatic carbocycles. The molecule has 0 radical (unpaired) electrons. The van der Waals surface area contributed by atoms with E-state index in [-0.39, 0.29) is 42.0 Å². The molecule has 3 aromatic rings. The van der Waals surface area contributed by atoms with Crippen molar-refractivity contribution in [2.45, 2.75) is 38.8 Å². The molecule has 1 aliphatic heterocycles. The number of aromatic nitrogens is 1. The van der Waals surface area contributed by atoms with Crippen LogP contribution in [0.4, 0.5) is 13.9 Å². The topological polar surface area (TPSA) is 75.6 Å². The number of nitrogens with one attached hydrogen (secondary N) is 2. The Morgan fingerprint density at radius 3 is 2.44 bits per heavy atom. The van der Waals surface area contributed by atoms with Gasteiger partial charge < -0.3 is 10.1 Å². The van der Waals surface area contributed by atoms with Crippen LogP contribution in [0.2, 0.25) is 0 Å². The quantitative estimate of drug-likeness (QED) is 0.347. The highest BCUT2D eigenvalue weighted by atomic mass is 32.1. The summed E-state index contributed by atoms with van der Waals surface area (Å²) in [6.45, 7) is 4.16. The van der Waals surface area contributed by atoms with Crippen molar-refractivity contribution in [1.29, 1.82) is 0 Å². The lowest BCUT2D eigenvalue weighted by Crippen LogP contribution is -2.41. The largest absolute Gasteiger partial charge is 0.466 e. The van der Waals surface area contributed by atoms with Gasteiger partial charge in [0, 0.05) is 35.5 Å². The fraction of sp³-hybridized carbons (Fsp3) is 0.320. The maximum Gasteiger partial charge on any atom is 0.311 e. The monoisotopic (exact) mass is 484 g/mol. The Bertz CT molecular complexity index is 1150. The molecule has 3 unspecified atom stereocenters. The van der Waals surface area contributed by atoms with E-state index in [1.165, 1.54) is 35.6 Å². The number of hydrogen-bond donors (Lipinski definition) is 2. The van der Waals surface area contributed by atoms with Crippen molar-refractivity contribution in [2.75, 3.05) is 12.0 Å². The number of hydrogen-bond acceptors (Lipinski definition) is 7. The van der Waals surface area contributed by atoms with E-state index in [0.717, 1.165) is 16.8 Å². The zero-order chi connectivity index (χ0) is 24.1. The first-order valence-electron chi connectivity index (χ1n) is 11.1. The highest BCUT2D eigenvalue weighted by Gasteiger charge is 2.33. The summed E-state index contributed by atoms with van der Waals surface area (Å²) < 4.78 is 32.0. The first kappa shape index (κ1) is 24.0. The molecule has 0 spiro atoms. The third-order valence-corrected chi connectivity index (χ3v) is 6.59. The summed E-state index contributed by atoms with van der Waals surface area (Å²) in [7, 11) is 0. The highest BCUT2D eigenvalue weighted by molar-refractivity contribution is 7.13. The minimum Gasteiger partial charge on any atom is -0.466 e. The fourth-order valence-corrected chi connectivity index (χ4v) is 4.69. The smallest absolute Gasteiger partial charge is 0.311 e. The van der Waals surface area contributed by atoms with Gasteiger partial charge in [-0.25, -0.2) is 13.8 Å². The van der Waals surface area contributed by atoms with Crippen LogP contribution in [0.5, 0.6) is 0 Å². The van der Waals surface area contributed by atoms with E-state index in [1.54, 1.807) is 36.6 Å². The maximum atomic E-state index is 13.5. The second-order valence-electron chi connectivity index (χ2n) is 8.13. The average Bonchev–Trinajstić information content (AvgIpc) is 3.27. The Balaban J connectivity index is 1.56. The van der Waals surface area contributed by atoms with Crippen LogP contribution in [-0.2, 0) is 16.0 Å². The van der Waals surface area contributed by atoms with Crippen LogP contribution in [-0.4, -0.2) is 23.3 Å². The molecule has 6 nitrogen and oxygen atoms in total. The number of esters is 1. The first-order valence-corrected chi connectivity index (χ1v) is 12.0. The number of piperidine rings is 1. The number of carbonyl (C=O) groups excluding carboxylic acids is 1. The van der Waals surface area contributed by atoms with Gasteiger partial charge in [-0.05, 0) is 42.3 Å². The van der Waals surface area contributed by atoms with Gasteiger partial charge in [0.25, 0.3) is 0 Å². The Kier molecular flexibility index (Phi) is 7.64. The summed E-state index contributed by atoms with van der Waals surface area (Å²) in [5, 5.41) is 10.7. The molecule has 0 saturated carbocycles. The zero-order valence-corrected chi connectivity index (χ0v) is 19.7. The SMILES string of the molecule is CCOC(=O)Cc1csc(N/N=C2\CC(c3ccc(F)cc3)NC(c3ccc(F)cc3)C2C)n1. The van der Waals surface area contributed by atoms with Crippen LogP contribution in [0.3, 0.4) is 0 Å². The van der Waals surface area contributed by atoms with Crippen LogP contribution in [0.1, 0.15) is 49.2 Å². The van der Waals surface area contributed by atoms with E-state index in [0.29, 0.717) is 23.9 Å². The van der Waals surface area contributed by atoms with E-state index in [9.17, 15) is 13.6 Å². The van der Waals surface area contributed by atoms with Gasteiger partial charge in [-0.1, -0.05) is 31.2 Å². The van der Waals surface area contributed by atoms with Crippen molar-refractivity contribution in [3.05, 3.63) is 82.4 Å². The molecule has 1 saturated heterocycles. The predicted molar refractivity (Wildman–Crippen MR) is 129 cm³/mol. The van der Waals surface area contributed by atoms with Crippen molar-refractivity contribution in [3.8, 4) is 0 Å². The van der Waals surface area contributed by atoms with Crippen LogP contribution < -0.4 is 10.7 Å². The van der Waals surface area contributed by atoms with E-state index >= 15 is 0 Å². The summed E-state index contributed by atoms with van der Waals surface area (Å²) in [6.07, 6.45) is 0.723. The van der Waals surface area contributed by atoms with E-state index in [1.807, 2.05) is 0 Å². The normalized spacial score (nSPS) is 21.4. The summed E-state index contributed by atoms with van der Waals surface area (Å²) in [6, 6.07) is 12.6. The molecule has 34 heavy (non-hydrogen) atoms. The maximum absolute atomic E-state index is 13.5. The molecule has 0 bridgehead atoms. The molecule has 0 amide bonds. The summed E-state index contributed by atoms with van der Waals surface area (Å²) in [5.74, 6) is -0.892. The molecule has 0 aliphatic carbocycles. The molecular formula is C25H26F2N4O2S. The molecule has 178 valence electrons. The lowest BCUT2D eigenvalue weighted by molar-refractivity contribution is -0.142. The first-order chi connectivity index (χ1) is 16.4. The molecule has 4 rings (SSSR count). The van der Waals surface area contributed by atoms with Gasteiger partial charge in [-0.15, -0.1) is 11.3 Å². The number of nitrogens with zero attached hydrogens (tertiary/aromatic N) is 2. The molecule has 9 heteroatoms. The second-order valence-corrected chi connectivity index (χ2v) is 8.99. The molecular weight excluding hydrogens is 458 g/mol. The van der Waals surface area contributed by atoms with Gasteiger partial charge in [-0.3, -0.25) is 10.2 Å². The summed E-state index contributed by atoms with van der Waals surface area (Å²) in [5.41, 5.74) is 6.45. The van der Waals surface area contributed by atoms with Gasteiger partial charge >= 0.3 is 5.97 Å². The van der Waals surface area contributed by atoms with E-state index in [2.05, 4.69) is 27.8 Å². The Morgan fingerprint density at radius 2 is 1.79 bits per heavy atom. The van der Waals surface area contributed by atoms with Crippen molar-refractivity contribution >= 4 is 28.1 Å². The third-order valence-electron chi connectivity index (χ3n) is 5.80. The van der Waals surface area contributed by atoms with Gasteiger partial charge in [-0.2, -0.15) is 5.10 Å². The van der Waals surface area contributed by atoms with Crippen molar-refractivity contribution in [1.82, 2.24) is 10.3 Å². The van der Waals surface area contributed by atoms with E-state index < -0.39 is 0 Å². The number of carbonyl (C=O) groups is 1. The van der Waals surface area contributed by atoms with Gasteiger partial charge in [0.1, 0.15) is 11.6 Å². The van der Waals surface area contributed by atoms with Crippen molar-refractivity contribution < 1.29 is 18.3 Å². The third kappa shape index (κ3) is 5.84. The van der Waals surface area contributed by atoms with Gasteiger partial charge in [0.05, 0.1) is 18.7 Å². The fourth-order valence-electron chi connectivity index (χ4n) is 4.04. The van der Waals surface area contributed by atoms with Crippen LogP contribution in [0.25, 0.3) is 0 Å². The number of rotatable bonds is 7. The molecule has 2 N–H and O–H groups in total. The van der Waals surface area contributed by atoms with E-state index in [4.69, 9.17) is 4.74 Å². The lowest BCUT2D eigenvalue weighted by Gasteiger charge is -2.37. The van der Waals surface area contributed by atoms with Crippen LogP contribution in [0, 0.1) is 17.6 Å². The molecule has 1 fully saturated rings. The van der Waals surface area contributed by atoms with Crippen LogP contribution >= 0.6 is 11.3 Å². The minimum atomic E-state index is -0.318. The minimum absolute atomic E-state index is 0.00799. The summed E-state index contributed by atoms with van der Waals surface area (Å²) in [4.78, 5) is 16.1. The Morgan fingerprint density at radius 1 is 1.15 bits per heavy atom. The average molecular weight is 485 g/mol. The summed E-state index contributed by atoms with van der Waals surface area (Å²) >= 11 is 1.36. The van der Waals surface area contributed by atoms with Gasteiger partial charge in [0.2, 0.25) is 5.13 Å². The number of anilines is 1. The molecule has 1 aromatic heterocycles. The molecule has 3 atom stereocenters. The predicted octanol–water partition coefficient (Wildman–Crippen LogP) is 5.41. The van der Waals surface area contributed by atoms with Gasteiger partial charge in [0.15, 0.2) is 0 Å². The Hall–Kier alpha value is -3.17. The number of hydrazone groups is 1.